The molecule has 1 nitrogen and oxygen atoms in total. The van der Waals surface area contributed by atoms with Gasteiger partial charge < -0.3 is 0 Å². The van der Waals surface area contributed by atoms with Crippen LogP contribution in [0.5, 0.6) is 0 Å². The van der Waals surface area contributed by atoms with Crippen LogP contribution in [-0.4, -0.2) is 5.71 Å². The molecule has 1 heteroatoms. The summed E-state index contributed by atoms with van der Waals surface area (Å²) in [4.78, 5) is 5.96. The normalized spacial score (nSPS) is 20.2. The molecular weight excluding hydrogens is 675 g/mol. The van der Waals surface area contributed by atoms with Crippen LogP contribution >= 0.6 is 0 Å². The predicted octanol–water partition coefficient (Wildman–Crippen LogP) is 14.2. The number of fused-ring (bicyclic) bond motifs is 6. The molecule has 0 radical (unpaired) electrons. The summed E-state index contributed by atoms with van der Waals surface area (Å²) in [6.45, 7) is 2.42. The molecule has 1 aliphatic heterocycles. The Morgan fingerprint density at radius 2 is 1.20 bits per heavy atom. The maximum Gasteiger partial charge on any atom is 0.0818 e. The Morgan fingerprint density at radius 1 is 0.554 bits per heavy atom. The number of aliphatic imine (C=N–C) groups is 1. The third-order valence-electron chi connectivity index (χ3n) is 13.3. The molecule has 12 rings (SSSR count). The van der Waals surface area contributed by atoms with Gasteiger partial charge in [-0.25, -0.2) is 0 Å². The lowest BCUT2D eigenvalue weighted by Crippen LogP contribution is -2.15. The van der Waals surface area contributed by atoms with Crippen molar-refractivity contribution in [2.75, 3.05) is 0 Å². The molecule has 56 heavy (non-hydrogen) atoms. The van der Waals surface area contributed by atoms with Crippen molar-refractivity contribution in [3.8, 4) is 44.5 Å². The molecule has 0 amide bonds. The molecule has 1 fully saturated rings. The van der Waals surface area contributed by atoms with Crippen molar-refractivity contribution >= 4 is 27.6 Å². The third-order valence-corrected chi connectivity index (χ3v) is 13.3. The fourth-order valence-electron chi connectivity index (χ4n) is 10.8. The van der Waals surface area contributed by atoms with Crippen LogP contribution in [0.2, 0.25) is 0 Å². The molecule has 0 saturated heterocycles. The van der Waals surface area contributed by atoms with Crippen LogP contribution in [-0.2, 0) is 6.42 Å². The highest BCUT2D eigenvalue weighted by molar-refractivity contribution is 6.22. The van der Waals surface area contributed by atoms with E-state index in [1.54, 1.807) is 11.1 Å². The van der Waals surface area contributed by atoms with Crippen LogP contribution in [0.3, 0.4) is 0 Å². The second-order valence-corrected chi connectivity index (χ2v) is 16.4. The largest absolute Gasteiger partial charge is 0.280 e. The second kappa shape index (κ2) is 12.4. The summed E-state index contributed by atoms with van der Waals surface area (Å²) in [6, 6.07) is 58.8. The fraction of sp³-hybridized carbons (Fsp3) is 0.145. The van der Waals surface area contributed by atoms with Crippen molar-refractivity contribution in [1.82, 2.24) is 0 Å². The third kappa shape index (κ3) is 4.77. The minimum absolute atomic E-state index is 0.0199. The summed E-state index contributed by atoms with van der Waals surface area (Å²) >= 11 is 0. The molecule has 0 bridgehead atoms. The first-order chi connectivity index (χ1) is 27.7. The van der Waals surface area contributed by atoms with Gasteiger partial charge in [-0.1, -0.05) is 182 Å². The van der Waals surface area contributed by atoms with Crippen LogP contribution in [0.1, 0.15) is 54.5 Å². The Bertz CT molecular complexity index is 2870. The molecule has 7 aromatic rings. The zero-order chi connectivity index (χ0) is 36.9. The molecule has 4 aliphatic carbocycles. The Morgan fingerprint density at radius 3 is 1.98 bits per heavy atom. The van der Waals surface area contributed by atoms with Crippen LogP contribution < -0.4 is 0 Å². The Labute approximate surface area is 329 Å². The highest BCUT2D eigenvalue weighted by Crippen LogP contribution is 2.57. The van der Waals surface area contributed by atoms with E-state index in [9.17, 15) is 0 Å². The summed E-state index contributed by atoms with van der Waals surface area (Å²) in [5.74, 6) is 0.602. The van der Waals surface area contributed by atoms with Crippen molar-refractivity contribution < 1.29 is 0 Å². The average Bonchev–Trinajstić information content (AvgIpc) is 3.84. The van der Waals surface area contributed by atoms with Gasteiger partial charge in [-0.05, 0) is 114 Å². The van der Waals surface area contributed by atoms with E-state index < -0.39 is 0 Å². The maximum absolute atomic E-state index is 5.96. The van der Waals surface area contributed by atoms with Crippen LogP contribution in [0.25, 0.3) is 66.4 Å². The summed E-state index contributed by atoms with van der Waals surface area (Å²) < 4.78 is 0. The van der Waals surface area contributed by atoms with Gasteiger partial charge in [0.05, 0.1) is 11.8 Å². The molecule has 266 valence electrons. The standard InChI is InChI=1S/C55H41N/c1-33-50(36-15-6-3-7-16-36)48-32-49(48)55(56-54(33)37-27-25-35(26-28-37)34-13-4-2-5-14-34)47-24-11-18-39-31-38-17-10-21-43(51(38)52(39)47)42-29-30-46-41-20-9-8-19-40(41)44-22-12-23-45(42)53(44)46/h2-10,12-17,19-30,33,49,54H,11,18,31-32H2,1H3. The van der Waals surface area contributed by atoms with E-state index in [0.717, 1.165) is 25.7 Å². The molecular formula is C55H41N. The summed E-state index contributed by atoms with van der Waals surface area (Å²) in [5.41, 5.74) is 24.9. The van der Waals surface area contributed by atoms with Gasteiger partial charge in [0.25, 0.3) is 0 Å². The SMILES string of the molecule is CC1C(c2ccccc2)=C2CC2C(C2=CCCC3=C2c2c(cccc2-c2ccc4c5c(cccc25)-c2ccccc2-4)C3)=NC1c1ccc(-c2ccccc2)cc1. The Kier molecular flexibility index (Phi) is 7.05. The molecule has 1 heterocycles. The number of hydrogen-bond donors (Lipinski definition) is 0. The van der Waals surface area contributed by atoms with Crippen molar-refractivity contribution in [3.63, 3.8) is 0 Å². The average molecular weight is 716 g/mol. The van der Waals surface area contributed by atoms with Crippen LogP contribution in [0.15, 0.2) is 186 Å². The van der Waals surface area contributed by atoms with Crippen LogP contribution in [0.4, 0.5) is 0 Å². The monoisotopic (exact) mass is 715 g/mol. The zero-order valence-electron chi connectivity index (χ0n) is 31.6. The van der Waals surface area contributed by atoms with Gasteiger partial charge in [0.2, 0.25) is 0 Å². The topological polar surface area (TPSA) is 12.4 Å². The van der Waals surface area contributed by atoms with E-state index in [0.29, 0.717) is 5.92 Å². The number of allylic oxidation sites excluding steroid dienone is 5. The van der Waals surface area contributed by atoms with E-state index in [1.165, 1.54) is 100.0 Å². The van der Waals surface area contributed by atoms with Crippen molar-refractivity contribution in [1.29, 1.82) is 0 Å². The first-order valence-electron chi connectivity index (χ1n) is 20.4. The Hall–Kier alpha value is -6.31. The molecule has 3 unspecified atom stereocenters. The highest BCUT2D eigenvalue weighted by atomic mass is 14.8. The van der Waals surface area contributed by atoms with E-state index >= 15 is 0 Å². The molecule has 0 spiro atoms. The van der Waals surface area contributed by atoms with Crippen molar-refractivity contribution in [2.24, 2.45) is 16.8 Å². The van der Waals surface area contributed by atoms with Crippen LogP contribution in [0, 0.1) is 11.8 Å². The quantitative estimate of drug-likeness (QED) is 0.168. The minimum Gasteiger partial charge on any atom is -0.280 e. The molecule has 5 aliphatic rings. The smallest absolute Gasteiger partial charge is 0.0818 e. The fourth-order valence-corrected chi connectivity index (χ4v) is 10.8. The van der Waals surface area contributed by atoms with Gasteiger partial charge in [0, 0.05) is 17.4 Å². The van der Waals surface area contributed by atoms with E-state index in [1.807, 2.05) is 0 Å². The van der Waals surface area contributed by atoms with Gasteiger partial charge >= 0.3 is 0 Å². The number of rotatable bonds is 5. The maximum atomic E-state index is 5.96. The molecule has 7 aromatic carbocycles. The first kappa shape index (κ1) is 32.0. The van der Waals surface area contributed by atoms with Gasteiger partial charge in [-0.15, -0.1) is 0 Å². The number of benzene rings is 7. The van der Waals surface area contributed by atoms with E-state index in [2.05, 4.69) is 171 Å². The molecule has 1 saturated carbocycles. The van der Waals surface area contributed by atoms with Gasteiger partial charge in [-0.2, -0.15) is 0 Å². The summed E-state index contributed by atoms with van der Waals surface area (Å²) in [6.07, 6.45) is 6.86. The molecule has 0 N–H and O–H groups in total. The van der Waals surface area contributed by atoms with Gasteiger partial charge in [0.1, 0.15) is 0 Å². The lowest BCUT2D eigenvalue weighted by molar-refractivity contribution is 0.585. The number of nitrogens with zero attached hydrogens (tertiary/aromatic N) is 1. The van der Waals surface area contributed by atoms with Crippen molar-refractivity contribution in [3.05, 3.63) is 203 Å². The van der Waals surface area contributed by atoms with E-state index in [4.69, 9.17) is 4.99 Å². The zero-order valence-corrected chi connectivity index (χ0v) is 31.6. The second-order valence-electron chi connectivity index (χ2n) is 16.4. The lowest BCUT2D eigenvalue weighted by atomic mass is 9.82. The van der Waals surface area contributed by atoms with Gasteiger partial charge in [-0.3, -0.25) is 4.99 Å². The van der Waals surface area contributed by atoms with Crippen molar-refractivity contribution in [2.45, 2.75) is 38.6 Å². The summed E-state index contributed by atoms with van der Waals surface area (Å²) in [7, 11) is 0. The molecule has 0 aromatic heterocycles. The summed E-state index contributed by atoms with van der Waals surface area (Å²) in [5, 5.41) is 2.74. The lowest BCUT2D eigenvalue weighted by Gasteiger charge is -2.26. The van der Waals surface area contributed by atoms with Gasteiger partial charge in [0.15, 0.2) is 0 Å². The molecule has 3 atom stereocenters. The number of hydrogen-bond acceptors (Lipinski definition) is 1. The van der Waals surface area contributed by atoms with E-state index in [-0.39, 0.29) is 12.0 Å². The first-order valence-corrected chi connectivity index (χ1v) is 20.4. The minimum atomic E-state index is 0.0199. The Balaban J connectivity index is 1.01. The highest BCUT2D eigenvalue weighted by Gasteiger charge is 2.46. The predicted molar refractivity (Wildman–Crippen MR) is 234 cm³/mol.